The molecule has 2 heterocycles. The Morgan fingerprint density at radius 3 is 2.96 bits per heavy atom. The van der Waals surface area contributed by atoms with Crippen LogP contribution in [0, 0.1) is 5.92 Å². The van der Waals surface area contributed by atoms with Gasteiger partial charge in [-0.3, -0.25) is 9.78 Å². The first kappa shape index (κ1) is 14.9. The van der Waals surface area contributed by atoms with E-state index in [1.807, 2.05) is 12.3 Å². The number of hydrogen-bond donors (Lipinski definition) is 1. The van der Waals surface area contributed by atoms with Gasteiger partial charge in [-0.25, -0.2) is 0 Å². The SMILES string of the molecule is O=C1CCCC2=C1[C@H]([C@H]1CC=CCC1)Nc1ccc3ncccc3c12. The average molecular weight is 330 g/mol. The van der Waals surface area contributed by atoms with E-state index in [0.717, 1.165) is 48.6 Å². The molecule has 0 saturated heterocycles. The van der Waals surface area contributed by atoms with Gasteiger partial charge < -0.3 is 5.32 Å². The van der Waals surface area contributed by atoms with Crippen LogP contribution in [0.5, 0.6) is 0 Å². The molecule has 1 aliphatic heterocycles. The van der Waals surface area contributed by atoms with Crippen LogP contribution in [-0.2, 0) is 4.79 Å². The number of pyridine rings is 1. The Hall–Kier alpha value is -2.42. The number of rotatable bonds is 1. The van der Waals surface area contributed by atoms with Gasteiger partial charge in [0.1, 0.15) is 0 Å². The molecule has 0 amide bonds. The van der Waals surface area contributed by atoms with Gasteiger partial charge in [0.05, 0.1) is 11.6 Å². The number of fused-ring (bicyclic) bond motifs is 4. The van der Waals surface area contributed by atoms with Gasteiger partial charge in [0.25, 0.3) is 0 Å². The summed E-state index contributed by atoms with van der Waals surface area (Å²) in [6.45, 7) is 0. The Labute approximate surface area is 147 Å². The molecule has 0 saturated carbocycles. The number of allylic oxidation sites excluding steroid dienone is 3. The van der Waals surface area contributed by atoms with Gasteiger partial charge in [0.15, 0.2) is 5.78 Å². The van der Waals surface area contributed by atoms with E-state index < -0.39 is 0 Å². The standard InChI is InChI=1S/C22H22N2O/c25-19-10-4-8-16-20-15-9-5-13-23-17(15)11-12-18(20)24-22(21(16)19)14-6-2-1-3-7-14/h1-2,5,9,11-14,22,24H,3-4,6-8,10H2/t14-,22-/m0/s1. The minimum absolute atomic E-state index is 0.161. The van der Waals surface area contributed by atoms with Crippen molar-refractivity contribution in [1.29, 1.82) is 0 Å². The molecule has 0 fully saturated rings. The van der Waals surface area contributed by atoms with Crippen molar-refractivity contribution in [3.05, 3.63) is 53.8 Å². The maximum Gasteiger partial charge on any atom is 0.161 e. The molecule has 3 heteroatoms. The number of carbonyl (C=O) groups excluding carboxylic acids is 1. The summed E-state index contributed by atoms with van der Waals surface area (Å²) >= 11 is 0. The molecular weight excluding hydrogens is 308 g/mol. The molecule has 2 aliphatic carbocycles. The zero-order valence-corrected chi connectivity index (χ0v) is 14.3. The van der Waals surface area contributed by atoms with Crippen LogP contribution in [0.25, 0.3) is 16.5 Å². The second-order valence-electron chi connectivity index (χ2n) is 7.39. The van der Waals surface area contributed by atoms with Crippen LogP contribution in [0.2, 0.25) is 0 Å². The summed E-state index contributed by atoms with van der Waals surface area (Å²) in [6.07, 6.45) is 12.4. The molecule has 3 aliphatic rings. The van der Waals surface area contributed by atoms with E-state index in [-0.39, 0.29) is 6.04 Å². The van der Waals surface area contributed by atoms with Crippen LogP contribution >= 0.6 is 0 Å². The fraction of sp³-hybridized carbons (Fsp3) is 0.364. The highest BCUT2D eigenvalue weighted by Gasteiger charge is 2.37. The van der Waals surface area contributed by atoms with Gasteiger partial charge in [0, 0.05) is 34.8 Å². The van der Waals surface area contributed by atoms with Gasteiger partial charge in [-0.05, 0) is 61.8 Å². The molecular formula is C22H22N2O. The first-order chi connectivity index (χ1) is 12.3. The van der Waals surface area contributed by atoms with Crippen LogP contribution in [-0.4, -0.2) is 16.8 Å². The zero-order chi connectivity index (χ0) is 16.8. The van der Waals surface area contributed by atoms with Crippen molar-refractivity contribution in [2.24, 2.45) is 5.92 Å². The Bertz CT molecular complexity index is 925. The van der Waals surface area contributed by atoms with E-state index in [1.54, 1.807) is 0 Å². The lowest BCUT2D eigenvalue weighted by molar-refractivity contribution is -0.116. The monoisotopic (exact) mass is 330 g/mol. The van der Waals surface area contributed by atoms with E-state index in [9.17, 15) is 4.79 Å². The van der Waals surface area contributed by atoms with Gasteiger partial charge in [0.2, 0.25) is 0 Å². The predicted molar refractivity (Wildman–Crippen MR) is 101 cm³/mol. The van der Waals surface area contributed by atoms with E-state index in [2.05, 4.69) is 40.7 Å². The summed E-state index contributed by atoms with van der Waals surface area (Å²) in [5.41, 5.74) is 5.75. The molecule has 1 aromatic heterocycles. The first-order valence-electron chi connectivity index (χ1n) is 9.39. The van der Waals surface area contributed by atoms with Crippen LogP contribution in [0.15, 0.2) is 48.2 Å². The minimum atomic E-state index is 0.161. The lowest BCUT2D eigenvalue weighted by Crippen LogP contribution is -2.39. The van der Waals surface area contributed by atoms with Gasteiger partial charge in [-0.15, -0.1) is 0 Å². The van der Waals surface area contributed by atoms with Crippen LogP contribution in [0.3, 0.4) is 0 Å². The van der Waals surface area contributed by atoms with Crippen LogP contribution in [0.1, 0.15) is 44.1 Å². The van der Waals surface area contributed by atoms with Gasteiger partial charge in [-0.1, -0.05) is 18.2 Å². The van der Waals surface area contributed by atoms with E-state index in [1.165, 1.54) is 16.8 Å². The van der Waals surface area contributed by atoms with E-state index in [0.29, 0.717) is 18.1 Å². The number of nitrogens with one attached hydrogen (secondary N) is 1. The number of aromatic nitrogens is 1. The second-order valence-corrected chi connectivity index (χ2v) is 7.39. The lowest BCUT2D eigenvalue weighted by atomic mass is 9.73. The maximum atomic E-state index is 12.9. The predicted octanol–water partition coefficient (Wildman–Crippen LogP) is 4.89. The Morgan fingerprint density at radius 1 is 1.12 bits per heavy atom. The largest absolute Gasteiger partial charge is 0.377 e. The molecule has 126 valence electrons. The summed E-state index contributed by atoms with van der Waals surface area (Å²) in [5, 5.41) is 4.91. The number of anilines is 1. The average Bonchev–Trinajstić information content (AvgIpc) is 2.68. The maximum absolute atomic E-state index is 12.9. The molecule has 2 aromatic rings. The molecule has 2 atom stereocenters. The van der Waals surface area contributed by atoms with Crippen molar-refractivity contribution in [2.45, 2.75) is 44.6 Å². The molecule has 25 heavy (non-hydrogen) atoms. The van der Waals surface area contributed by atoms with Gasteiger partial charge >= 0.3 is 0 Å². The van der Waals surface area contributed by atoms with E-state index in [4.69, 9.17) is 0 Å². The topological polar surface area (TPSA) is 42.0 Å². The molecule has 0 radical (unpaired) electrons. The van der Waals surface area contributed by atoms with Crippen molar-refractivity contribution in [3.63, 3.8) is 0 Å². The van der Waals surface area contributed by atoms with E-state index >= 15 is 0 Å². The molecule has 1 aromatic carbocycles. The van der Waals surface area contributed by atoms with Crippen LogP contribution < -0.4 is 5.32 Å². The first-order valence-corrected chi connectivity index (χ1v) is 9.39. The van der Waals surface area contributed by atoms with Crippen molar-refractivity contribution < 1.29 is 4.79 Å². The van der Waals surface area contributed by atoms with Crippen molar-refractivity contribution >= 4 is 27.9 Å². The highest BCUT2D eigenvalue weighted by molar-refractivity contribution is 6.12. The number of Topliss-reactive ketones (excluding diaryl/α,β-unsaturated/α-hetero) is 1. The summed E-state index contributed by atoms with van der Waals surface area (Å²) in [5.74, 6) is 0.856. The summed E-state index contributed by atoms with van der Waals surface area (Å²) in [6, 6.07) is 8.53. The number of carbonyl (C=O) groups is 1. The third kappa shape index (κ3) is 2.33. The molecule has 0 spiro atoms. The number of ketones is 1. The Balaban J connectivity index is 1.73. The van der Waals surface area contributed by atoms with Crippen LogP contribution in [0.4, 0.5) is 5.69 Å². The second kappa shape index (κ2) is 5.83. The van der Waals surface area contributed by atoms with Crippen molar-refractivity contribution in [2.75, 3.05) is 5.32 Å². The highest BCUT2D eigenvalue weighted by atomic mass is 16.1. The fourth-order valence-corrected chi connectivity index (χ4v) is 4.80. The molecule has 1 N–H and O–H groups in total. The Kier molecular flexibility index (Phi) is 3.47. The van der Waals surface area contributed by atoms with Crippen molar-refractivity contribution in [1.82, 2.24) is 4.98 Å². The molecule has 3 nitrogen and oxygen atoms in total. The summed E-state index contributed by atoms with van der Waals surface area (Å²) in [7, 11) is 0. The Morgan fingerprint density at radius 2 is 2.08 bits per heavy atom. The fourth-order valence-electron chi connectivity index (χ4n) is 4.80. The van der Waals surface area contributed by atoms with Crippen molar-refractivity contribution in [3.8, 4) is 0 Å². The third-order valence-electron chi connectivity index (χ3n) is 5.95. The lowest BCUT2D eigenvalue weighted by Gasteiger charge is -2.39. The molecule has 5 rings (SSSR count). The number of nitrogens with zero attached hydrogens (tertiary/aromatic N) is 1. The third-order valence-corrected chi connectivity index (χ3v) is 5.95. The smallest absolute Gasteiger partial charge is 0.161 e. The minimum Gasteiger partial charge on any atom is -0.377 e. The highest BCUT2D eigenvalue weighted by Crippen LogP contribution is 2.46. The number of hydrogen-bond acceptors (Lipinski definition) is 3. The zero-order valence-electron chi connectivity index (χ0n) is 14.3. The molecule has 0 bridgehead atoms. The number of benzene rings is 1. The normalized spacial score (nSPS) is 25.5. The quantitative estimate of drug-likeness (QED) is 0.757. The van der Waals surface area contributed by atoms with Gasteiger partial charge in [-0.2, -0.15) is 0 Å². The molecule has 0 unspecified atom stereocenters. The summed E-state index contributed by atoms with van der Waals surface area (Å²) in [4.78, 5) is 17.4. The summed E-state index contributed by atoms with van der Waals surface area (Å²) < 4.78 is 0.